The smallest absolute Gasteiger partial charge is 0.266 e. The number of nitrogens with one attached hydrogen (secondary N) is 1. The zero-order valence-corrected chi connectivity index (χ0v) is 19.3. The van der Waals surface area contributed by atoms with Gasteiger partial charge in [0.2, 0.25) is 11.7 Å². The van der Waals surface area contributed by atoms with Crippen LogP contribution in [0.1, 0.15) is 11.4 Å². The van der Waals surface area contributed by atoms with Crippen LogP contribution in [-0.4, -0.2) is 41.8 Å². The van der Waals surface area contributed by atoms with Crippen molar-refractivity contribution in [3.63, 3.8) is 0 Å². The van der Waals surface area contributed by atoms with Crippen molar-refractivity contribution in [2.45, 2.75) is 13.3 Å². The summed E-state index contributed by atoms with van der Waals surface area (Å²) in [6.45, 7) is 1.76. The highest BCUT2D eigenvalue weighted by molar-refractivity contribution is 5.91. The number of carbonyl (C=O) groups excluding carboxylic acids is 1. The third-order valence-corrected chi connectivity index (χ3v) is 5.31. The summed E-state index contributed by atoms with van der Waals surface area (Å²) < 4.78 is 17.5. The van der Waals surface area contributed by atoms with E-state index in [0.29, 0.717) is 51.0 Å². The van der Waals surface area contributed by atoms with Crippen LogP contribution in [0.2, 0.25) is 0 Å². The van der Waals surface area contributed by atoms with Crippen LogP contribution in [0.5, 0.6) is 17.2 Å². The zero-order chi connectivity index (χ0) is 24.2. The standard InChI is InChI=1S/C25H24N4O5/c1-15-27-19-8-6-5-7-18(19)25(31)29(15)17-9-10-22(26-14-17)28-23(30)13-16-11-20(32-2)24(34-4)21(12-16)33-3/h5-12,14H,13H2,1-4H3,(H,26,28,30). The predicted octanol–water partition coefficient (Wildman–Crippen LogP) is 3.30. The molecular formula is C25H24N4O5. The zero-order valence-electron chi connectivity index (χ0n) is 19.3. The van der Waals surface area contributed by atoms with Gasteiger partial charge in [0.05, 0.1) is 50.5 Å². The van der Waals surface area contributed by atoms with Crippen LogP contribution in [0, 0.1) is 6.92 Å². The van der Waals surface area contributed by atoms with Gasteiger partial charge in [-0.3, -0.25) is 14.2 Å². The Labute approximate surface area is 195 Å². The monoisotopic (exact) mass is 460 g/mol. The normalized spacial score (nSPS) is 10.7. The summed E-state index contributed by atoms with van der Waals surface area (Å²) in [7, 11) is 4.56. The average Bonchev–Trinajstić information content (AvgIpc) is 2.84. The summed E-state index contributed by atoms with van der Waals surface area (Å²) in [5.41, 5.74) is 1.71. The van der Waals surface area contributed by atoms with E-state index in [1.54, 1.807) is 49.4 Å². The van der Waals surface area contributed by atoms with Gasteiger partial charge in [0.1, 0.15) is 11.6 Å². The minimum Gasteiger partial charge on any atom is -0.493 e. The summed E-state index contributed by atoms with van der Waals surface area (Å²) in [6, 6.07) is 14.0. The number of aromatic nitrogens is 3. The fourth-order valence-electron chi connectivity index (χ4n) is 3.75. The molecule has 4 aromatic rings. The molecule has 2 aromatic carbocycles. The molecule has 2 heterocycles. The van der Waals surface area contributed by atoms with E-state index in [1.165, 1.54) is 32.1 Å². The first kappa shape index (κ1) is 22.8. The van der Waals surface area contributed by atoms with Gasteiger partial charge in [0, 0.05) is 0 Å². The average molecular weight is 460 g/mol. The Morgan fingerprint density at radius 2 is 1.71 bits per heavy atom. The maximum atomic E-state index is 13.0. The van der Waals surface area contributed by atoms with Gasteiger partial charge in [0.25, 0.3) is 5.56 Å². The van der Waals surface area contributed by atoms with Crippen molar-refractivity contribution in [2.24, 2.45) is 0 Å². The Bertz CT molecular complexity index is 1390. The van der Waals surface area contributed by atoms with Crippen molar-refractivity contribution < 1.29 is 19.0 Å². The molecule has 0 aliphatic carbocycles. The molecule has 0 unspecified atom stereocenters. The topological polar surface area (TPSA) is 105 Å². The first-order chi connectivity index (χ1) is 16.4. The molecule has 0 bridgehead atoms. The van der Waals surface area contributed by atoms with Crippen LogP contribution in [-0.2, 0) is 11.2 Å². The number of para-hydroxylation sites is 1. The van der Waals surface area contributed by atoms with Crippen LogP contribution < -0.4 is 25.1 Å². The number of rotatable bonds is 7. The van der Waals surface area contributed by atoms with Crippen molar-refractivity contribution in [3.05, 3.63) is 76.5 Å². The number of benzene rings is 2. The largest absolute Gasteiger partial charge is 0.493 e. The van der Waals surface area contributed by atoms with E-state index in [0.717, 1.165) is 0 Å². The number of amides is 1. The van der Waals surface area contributed by atoms with E-state index in [1.807, 2.05) is 6.07 Å². The van der Waals surface area contributed by atoms with Crippen LogP contribution in [0.4, 0.5) is 5.82 Å². The van der Waals surface area contributed by atoms with Crippen LogP contribution in [0.15, 0.2) is 59.5 Å². The third-order valence-electron chi connectivity index (χ3n) is 5.31. The lowest BCUT2D eigenvalue weighted by atomic mass is 10.1. The molecule has 9 nitrogen and oxygen atoms in total. The summed E-state index contributed by atoms with van der Waals surface area (Å²) in [6.07, 6.45) is 1.60. The Kier molecular flexibility index (Phi) is 6.44. The molecule has 0 atom stereocenters. The highest BCUT2D eigenvalue weighted by Gasteiger charge is 2.16. The number of hydrogen-bond donors (Lipinski definition) is 1. The van der Waals surface area contributed by atoms with Crippen molar-refractivity contribution in [1.82, 2.24) is 14.5 Å². The van der Waals surface area contributed by atoms with Gasteiger partial charge < -0.3 is 19.5 Å². The molecule has 0 aliphatic rings. The number of carbonyl (C=O) groups is 1. The molecule has 174 valence electrons. The minimum atomic E-state index is -0.268. The Morgan fingerprint density at radius 1 is 1.00 bits per heavy atom. The molecule has 9 heteroatoms. The van der Waals surface area contributed by atoms with Crippen LogP contribution in [0.25, 0.3) is 16.6 Å². The highest BCUT2D eigenvalue weighted by atomic mass is 16.5. The third kappa shape index (κ3) is 4.40. The molecule has 0 saturated heterocycles. The molecule has 0 spiro atoms. The molecule has 2 aromatic heterocycles. The lowest BCUT2D eigenvalue weighted by Crippen LogP contribution is -2.22. The minimum absolute atomic E-state index is 0.0767. The van der Waals surface area contributed by atoms with Gasteiger partial charge >= 0.3 is 0 Å². The van der Waals surface area contributed by atoms with E-state index in [9.17, 15) is 9.59 Å². The lowest BCUT2D eigenvalue weighted by molar-refractivity contribution is -0.115. The second-order valence-electron chi connectivity index (χ2n) is 7.48. The number of methoxy groups -OCH3 is 3. The maximum Gasteiger partial charge on any atom is 0.266 e. The molecule has 34 heavy (non-hydrogen) atoms. The Balaban J connectivity index is 1.53. The number of fused-ring (bicyclic) bond motifs is 1. The van der Waals surface area contributed by atoms with Crippen LogP contribution in [0.3, 0.4) is 0 Å². The molecule has 1 amide bonds. The SMILES string of the molecule is COc1cc(CC(=O)Nc2ccc(-n3c(C)nc4ccccc4c3=O)cn2)cc(OC)c1OC. The number of anilines is 1. The summed E-state index contributed by atoms with van der Waals surface area (Å²) >= 11 is 0. The number of hydrogen-bond acceptors (Lipinski definition) is 7. The first-order valence-corrected chi connectivity index (χ1v) is 10.5. The first-order valence-electron chi connectivity index (χ1n) is 10.5. The van der Waals surface area contributed by atoms with E-state index in [4.69, 9.17) is 14.2 Å². The van der Waals surface area contributed by atoms with E-state index >= 15 is 0 Å². The van der Waals surface area contributed by atoms with Gasteiger partial charge in [-0.2, -0.15) is 0 Å². The molecule has 4 rings (SSSR count). The number of nitrogens with zero attached hydrogens (tertiary/aromatic N) is 3. The molecule has 0 aliphatic heterocycles. The summed E-state index contributed by atoms with van der Waals surface area (Å²) in [5, 5.41) is 3.29. The molecule has 1 N–H and O–H groups in total. The van der Waals surface area contributed by atoms with Crippen molar-refractivity contribution in [1.29, 1.82) is 0 Å². The van der Waals surface area contributed by atoms with Gasteiger partial charge in [0.15, 0.2) is 11.5 Å². The Hall–Kier alpha value is -4.40. The fourth-order valence-corrected chi connectivity index (χ4v) is 3.75. The Morgan fingerprint density at radius 3 is 2.32 bits per heavy atom. The lowest BCUT2D eigenvalue weighted by Gasteiger charge is -2.14. The van der Waals surface area contributed by atoms with E-state index in [-0.39, 0.29) is 17.9 Å². The van der Waals surface area contributed by atoms with Gasteiger partial charge in [-0.1, -0.05) is 12.1 Å². The fraction of sp³-hybridized carbons (Fsp3) is 0.200. The van der Waals surface area contributed by atoms with Crippen molar-refractivity contribution in [2.75, 3.05) is 26.6 Å². The van der Waals surface area contributed by atoms with Crippen molar-refractivity contribution >= 4 is 22.6 Å². The summed E-state index contributed by atoms with van der Waals surface area (Å²) in [4.78, 5) is 34.4. The van der Waals surface area contributed by atoms with Gasteiger partial charge in [-0.15, -0.1) is 0 Å². The quantitative estimate of drug-likeness (QED) is 0.451. The van der Waals surface area contributed by atoms with E-state index in [2.05, 4.69) is 15.3 Å². The number of aryl methyl sites for hydroxylation is 1. The number of pyridine rings is 1. The second kappa shape index (κ2) is 9.62. The predicted molar refractivity (Wildman–Crippen MR) is 128 cm³/mol. The van der Waals surface area contributed by atoms with Crippen LogP contribution >= 0.6 is 0 Å². The highest BCUT2D eigenvalue weighted by Crippen LogP contribution is 2.38. The molecule has 0 fully saturated rings. The van der Waals surface area contributed by atoms with Gasteiger partial charge in [-0.05, 0) is 48.9 Å². The molecule has 0 saturated carbocycles. The second-order valence-corrected chi connectivity index (χ2v) is 7.48. The molecular weight excluding hydrogens is 436 g/mol. The van der Waals surface area contributed by atoms with Gasteiger partial charge in [-0.25, -0.2) is 9.97 Å². The maximum absolute atomic E-state index is 13.0. The molecule has 0 radical (unpaired) electrons. The van der Waals surface area contributed by atoms with E-state index < -0.39 is 0 Å². The summed E-state index contributed by atoms with van der Waals surface area (Å²) in [5.74, 6) is 2.04. The number of ether oxygens (including phenoxy) is 3. The van der Waals surface area contributed by atoms with Crippen molar-refractivity contribution in [3.8, 4) is 22.9 Å².